The average Bonchev–Trinajstić information content (AvgIpc) is 3.09. The molecule has 29 heavy (non-hydrogen) atoms. The molecule has 1 amide bonds. The molecule has 0 radical (unpaired) electrons. The number of hydrogen-bond acceptors (Lipinski definition) is 4. The summed E-state index contributed by atoms with van der Waals surface area (Å²) >= 11 is -0.725. The van der Waals surface area contributed by atoms with E-state index in [1.165, 1.54) is 51.8 Å². The number of thiazole rings is 1. The van der Waals surface area contributed by atoms with Crippen molar-refractivity contribution in [2.45, 2.75) is 119 Å². The predicted octanol–water partition coefficient (Wildman–Crippen LogP) is 7.35. The third-order valence-electron chi connectivity index (χ3n) is 5.36. The van der Waals surface area contributed by atoms with Crippen molar-refractivity contribution >= 4 is 43.8 Å². The first-order valence-corrected chi connectivity index (χ1v) is 19.9. The average molecular weight is 531 g/mol. The van der Waals surface area contributed by atoms with E-state index in [0.717, 1.165) is 5.13 Å². The molecule has 0 unspecified atom stereocenters. The molecule has 168 valence electrons. The fraction of sp³-hybridized carbons (Fsp3) is 0.826. The van der Waals surface area contributed by atoms with Crippen LogP contribution in [0.4, 0.5) is 9.93 Å². The van der Waals surface area contributed by atoms with Crippen molar-refractivity contribution in [3.63, 3.8) is 0 Å². The number of unbranched alkanes of at least 4 members (excludes halogenated alkanes) is 3. The molecule has 1 aromatic heterocycles. The number of anilines is 1. The zero-order valence-corrected chi connectivity index (χ0v) is 23.8. The van der Waals surface area contributed by atoms with Crippen LogP contribution in [0, 0.1) is 0 Å². The summed E-state index contributed by atoms with van der Waals surface area (Å²) in [5.74, 6) is 0. The van der Waals surface area contributed by atoms with E-state index in [4.69, 9.17) is 9.72 Å². The number of aromatic nitrogens is 1. The topological polar surface area (TPSA) is 42.4 Å². The van der Waals surface area contributed by atoms with Gasteiger partial charge in [0.1, 0.15) is 0 Å². The Kier molecular flexibility index (Phi) is 11.5. The van der Waals surface area contributed by atoms with E-state index in [2.05, 4.69) is 27.0 Å². The molecule has 0 aliphatic carbocycles. The van der Waals surface area contributed by atoms with E-state index < -0.39 is 24.0 Å². The van der Waals surface area contributed by atoms with Crippen LogP contribution >= 0.6 is 11.3 Å². The third kappa shape index (κ3) is 8.39. The minimum atomic E-state index is -2.51. The van der Waals surface area contributed by atoms with Crippen molar-refractivity contribution < 1.29 is 9.53 Å². The standard InChI is InChI=1S/C11H17N2O2S.3C4H9.Sn/c1-8(2)13(9-12-6-7-16-9)10(14)15-11(3,4)5;3*1-3-4-2;/h6,8H,1-5H3;3*1,3-4H2,2H3;. The maximum atomic E-state index is 12.9. The number of hydrogen-bond donors (Lipinski definition) is 0. The molecule has 0 aliphatic heterocycles. The zero-order chi connectivity index (χ0) is 22.1. The van der Waals surface area contributed by atoms with Crippen molar-refractivity contribution in [3.05, 3.63) is 6.20 Å². The van der Waals surface area contributed by atoms with Gasteiger partial charge in [-0.3, -0.25) is 0 Å². The molecule has 4 nitrogen and oxygen atoms in total. The van der Waals surface area contributed by atoms with Crippen molar-refractivity contribution in [1.29, 1.82) is 0 Å². The van der Waals surface area contributed by atoms with Crippen molar-refractivity contribution in [3.8, 4) is 0 Å². The molecule has 0 bridgehead atoms. The SMILES string of the molecule is CCC[CH2][Sn]([CH2]CCC)([CH2]CCC)[c]1cnc(N(C(=O)OC(C)(C)C)C(C)C)s1. The van der Waals surface area contributed by atoms with Gasteiger partial charge >= 0.3 is 188 Å². The van der Waals surface area contributed by atoms with Gasteiger partial charge in [-0.15, -0.1) is 0 Å². The summed E-state index contributed by atoms with van der Waals surface area (Å²) in [4.78, 5) is 19.4. The van der Waals surface area contributed by atoms with Crippen LogP contribution in [0.25, 0.3) is 0 Å². The number of amides is 1. The Morgan fingerprint density at radius 3 is 1.93 bits per heavy atom. The molecule has 1 heterocycles. The van der Waals surface area contributed by atoms with Gasteiger partial charge in [0, 0.05) is 0 Å². The Bertz CT molecular complexity index is 588. The van der Waals surface area contributed by atoms with Gasteiger partial charge in [0.15, 0.2) is 0 Å². The number of rotatable bonds is 12. The van der Waals surface area contributed by atoms with Gasteiger partial charge in [0.25, 0.3) is 0 Å². The summed E-state index contributed by atoms with van der Waals surface area (Å²) in [5, 5.41) is 0.815. The molecular weight excluding hydrogens is 487 g/mol. The van der Waals surface area contributed by atoms with Crippen molar-refractivity contribution in [1.82, 2.24) is 4.98 Å². The zero-order valence-electron chi connectivity index (χ0n) is 20.1. The molecule has 1 aromatic rings. The number of nitrogens with zero attached hydrogens (tertiary/aromatic N) is 2. The summed E-state index contributed by atoms with van der Waals surface area (Å²) in [7, 11) is 0. The quantitative estimate of drug-likeness (QED) is 0.265. The van der Waals surface area contributed by atoms with Crippen LogP contribution in [0.2, 0.25) is 13.3 Å². The molecule has 0 N–H and O–H groups in total. The second-order valence-corrected chi connectivity index (χ2v) is 24.7. The molecule has 6 heteroatoms. The predicted molar refractivity (Wildman–Crippen MR) is 130 cm³/mol. The Hall–Kier alpha value is -0.301. The third-order valence-corrected chi connectivity index (χ3v) is 24.5. The van der Waals surface area contributed by atoms with Crippen molar-refractivity contribution in [2.24, 2.45) is 0 Å². The van der Waals surface area contributed by atoms with Crippen molar-refractivity contribution in [2.75, 3.05) is 4.90 Å². The van der Waals surface area contributed by atoms with Crippen LogP contribution in [0.15, 0.2) is 6.20 Å². The van der Waals surface area contributed by atoms with Gasteiger partial charge in [-0.25, -0.2) is 0 Å². The van der Waals surface area contributed by atoms with Crippen LogP contribution < -0.4 is 7.79 Å². The van der Waals surface area contributed by atoms with E-state index in [1.54, 1.807) is 19.1 Å². The summed E-state index contributed by atoms with van der Waals surface area (Å²) < 4.78 is 11.5. The minimum absolute atomic E-state index is 0.0235. The van der Waals surface area contributed by atoms with Gasteiger partial charge in [-0.05, 0) is 0 Å². The van der Waals surface area contributed by atoms with Gasteiger partial charge in [0.2, 0.25) is 0 Å². The Labute approximate surface area is 187 Å². The summed E-state index contributed by atoms with van der Waals surface area (Å²) in [6, 6.07) is 0.0235. The normalized spacial score (nSPS) is 12.4. The van der Waals surface area contributed by atoms with Crippen LogP contribution in [-0.2, 0) is 4.74 Å². The first-order chi connectivity index (χ1) is 13.6. The van der Waals surface area contributed by atoms with Gasteiger partial charge in [-0.2, -0.15) is 0 Å². The molecule has 0 saturated carbocycles. The first kappa shape index (κ1) is 26.7. The Balaban J connectivity index is 3.26. The summed E-state index contributed by atoms with van der Waals surface area (Å²) in [6.07, 6.45) is 9.63. The van der Waals surface area contributed by atoms with Crippen LogP contribution in [0.1, 0.15) is 93.9 Å². The molecule has 1 rings (SSSR count). The number of ether oxygens (including phenoxy) is 1. The van der Waals surface area contributed by atoms with E-state index >= 15 is 0 Å². The second-order valence-electron chi connectivity index (χ2n) is 9.54. The molecule has 0 aromatic carbocycles. The summed E-state index contributed by atoms with van der Waals surface area (Å²) in [6.45, 7) is 16.7. The maximum absolute atomic E-state index is 12.9. The Morgan fingerprint density at radius 2 is 1.55 bits per heavy atom. The van der Waals surface area contributed by atoms with E-state index in [1.807, 2.05) is 34.6 Å². The molecule has 0 spiro atoms. The number of carbonyl (C=O) groups is 1. The second kappa shape index (κ2) is 12.5. The van der Waals surface area contributed by atoms with E-state index in [9.17, 15) is 4.79 Å². The van der Waals surface area contributed by atoms with E-state index in [0.29, 0.717) is 0 Å². The molecular formula is C23H44N2O2SSn. The van der Waals surface area contributed by atoms with Gasteiger partial charge in [0.05, 0.1) is 0 Å². The van der Waals surface area contributed by atoms with Crippen LogP contribution in [-0.4, -0.2) is 41.1 Å². The van der Waals surface area contributed by atoms with Gasteiger partial charge in [-0.1, -0.05) is 0 Å². The fourth-order valence-corrected chi connectivity index (χ4v) is 23.5. The molecule has 0 fully saturated rings. The molecule has 0 atom stereocenters. The van der Waals surface area contributed by atoms with Gasteiger partial charge < -0.3 is 0 Å². The fourth-order valence-electron chi connectivity index (χ4n) is 3.73. The van der Waals surface area contributed by atoms with E-state index in [-0.39, 0.29) is 12.1 Å². The van der Waals surface area contributed by atoms with Crippen LogP contribution in [0.3, 0.4) is 0 Å². The Morgan fingerprint density at radius 1 is 1.07 bits per heavy atom. The number of carbonyl (C=O) groups excluding carboxylic acids is 1. The molecule has 0 aliphatic rings. The van der Waals surface area contributed by atoms with Crippen LogP contribution in [0.5, 0.6) is 0 Å². The molecule has 0 saturated heterocycles. The first-order valence-electron chi connectivity index (χ1n) is 11.6. The summed E-state index contributed by atoms with van der Waals surface area (Å²) in [5.41, 5.74) is -0.503. The monoisotopic (exact) mass is 532 g/mol.